The second-order valence-electron chi connectivity index (χ2n) is 3.95. The Balaban J connectivity index is 2.42. The Hall–Kier alpha value is -2.70. The van der Waals surface area contributed by atoms with E-state index in [4.69, 9.17) is 5.73 Å². The Bertz CT molecular complexity index is 646. The van der Waals surface area contributed by atoms with Crippen molar-refractivity contribution in [1.82, 2.24) is 4.98 Å². The van der Waals surface area contributed by atoms with Crippen LogP contribution in [0.1, 0.15) is 5.56 Å². The predicted octanol–water partition coefficient (Wildman–Crippen LogP) is 2.76. The molecule has 3 N–H and O–H groups in total. The molecule has 6 nitrogen and oxygen atoms in total. The van der Waals surface area contributed by atoms with Gasteiger partial charge in [-0.1, -0.05) is 0 Å². The van der Waals surface area contributed by atoms with Gasteiger partial charge in [0.2, 0.25) is 5.82 Å². The monoisotopic (exact) mass is 262 g/mol. The molecular weight excluding hydrogens is 251 g/mol. The third kappa shape index (κ3) is 2.76. The number of anilines is 3. The zero-order valence-corrected chi connectivity index (χ0v) is 10.1. The molecule has 0 aliphatic carbocycles. The van der Waals surface area contributed by atoms with Crippen LogP contribution in [0, 0.1) is 22.9 Å². The number of nitro groups is 1. The molecule has 0 aliphatic heterocycles. The zero-order valence-electron chi connectivity index (χ0n) is 10.1. The fourth-order valence-corrected chi connectivity index (χ4v) is 1.60. The second-order valence-corrected chi connectivity index (χ2v) is 3.95. The molecule has 98 valence electrons. The number of nitrogens with zero attached hydrogens (tertiary/aromatic N) is 2. The lowest BCUT2D eigenvalue weighted by atomic mass is 10.2. The maximum Gasteiger partial charge on any atom is 0.311 e. The standard InChI is InChI=1S/C12H11FN4O2/c1-7-6-8(13)2-3-9(7)15-12-10(17(18)19)4-5-11(14)16-12/h2-6H,1H3,(H3,14,15,16). The Morgan fingerprint density at radius 2 is 2.11 bits per heavy atom. The maximum absolute atomic E-state index is 13.0. The van der Waals surface area contributed by atoms with E-state index >= 15 is 0 Å². The molecular formula is C12H11FN4O2. The van der Waals surface area contributed by atoms with Crippen LogP contribution in [0.15, 0.2) is 30.3 Å². The van der Waals surface area contributed by atoms with Gasteiger partial charge < -0.3 is 11.1 Å². The van der Waals surface area contributed by atoms with Crippen molar-refractivity contribution in [3.05, 3.63) is 51.8 Å². The number of aromatic nitrogens is 1. The normalized spacial score (nSPS) is 10.2. The Morgan fingerprint density at radius 1 is 1.37 bits per heavy atom. The molecule has 2 rings (SSSR count). The number of benzene rings is 1. The molecule has 2 aromatic rings. The molecule has 0 bridgehead atoms. The minimum Gasteiger partial charge on any atom is -0.384 e. The highest BCUT2D eigenvalue weighted by molar-refractivity contribution is 5.69. The number of hydrogen-bond donors (Lipinski definition) is 2. The fourth-order valence-electron chi connectivity index (χ4n) is 1.60. The van der Waals surface area contributed by atoms with Crippen molar-refractivity contribution in [3.63, 3.8) is 0 Å². The summed E-state index contributed by atoms with van der Waals surface area (Å²) >= 11 is 0. The molecule has 0 saturated carbocycles. The highest BCUT2D eigenvalue weighted by atomic mass is 19.1. The minimum atomic E-state index is -0.562. The molecule has 1 aromatic carbocycles. The van der Waals surface area contributed by atoms with Crippen LogP contribution in [0.5, 0.6) is 0 Å². The summed E-state index contributed by atoms with van der Waals surface area (Å²) in [5, 5.41) is 13.7. The van der Waals surface area contributed by atoms with E-state index in [9.17, 15) is 14.5 Å². The molecule has 0 aliphatic rings. The molecule has 1 heterocycles. The second kappa shape index (κ2) is 4.89. The van der Waals surface area contributed by atoms with E-state index in [1.54, 1.807) is 6.92 Å². The van der Waals surface area contributed by atoms with Crippen LogP contribution in [-0.2, 0) is 0 Å². The molecule has 0 amide bonds. The molecule has 0 fully saturated rings. The molecule has 0 radical (unpaired) electrons. The largest absolute Gasteiger partial charge is 0.384 e. The van der Waals surface area contributed by atoms with Gasteiger partial charge in [-0.25, -0.2) is 9.37 Å². The lowest BCUT2D eigenvalue weighted by Gasteiger charge is -2.09. The summed E-state index contributed by atoms with van der Waals surface area (Å²) < 4.78 is 13.0. The van der Waals surface area contributed by atoms with E-state index in [0.717, 1.165) is 0 Å². The number of nitrogen functional groups attached to an aromatic ring is 1. The summed E-state index contributed by atoms with van der Waals surface area (Å²) in [4.78, 5) is 14.2. The average molecular weight is 262 g/mol. The van der Waals surface area contributed by atoms with Crippen LogP contribution in [0.2, 0.25) is 0 Å². The molecule has 0 unspecified atom stereocenters. The van der Waals surface area contributed by atoms with Gasteiger partial charge in [0.05, 0.1) is 4.92 Å². The first kappa shape index (κ1) is 12.7. The van der Waals surface area contributed by atoms with Crippen LogP contribution in [-0.4, -0.2) is 9.91 Å². The van der Waals surface area contributed by atoms with Crippen LogP contribution in [0.3, 0.4) is 0 Å². The molecule has 7 heteroatoms. The summed E-state index contributed by atoms with van der Waals surface area (Å²) in [7, 11) is 0. The van der Waals surface area contributed by atoms with Gasteiger partial charge in [0, 0.05) is 11.8 Å². The van der Waals surface area contributed by atoms with E-state index in [1.807, 2.05) is 0 Å². The molecule has 0 atom stereocenters. The van der Waals surface area contributed by atoms with Crippen molar-refractivity contribution in [2.45, 2.75) is 6.92 Å². The summed E-state index contributed by atoms with van der Waals surface area (Å²) in [5.41, 5.74) is 6.45. The van der Waals surface area contributed by atoms with Gasteiger partial charge in [0.1, 0.15) is 11.6 Å². The van der Waals surface area contributed by atoms with Crippen LogP contribution >= 0.6 is 0 Å². The minimum absolute atomic E-state index is 0.0275. The molecule has 1 aromatic heterocycles. The molecule has 0 spiro atoms. The highest BCUT2D eigenvalue weighted by Gasteiger charge is 2.16. The first-order chi connectivity index (χ1) is 8.97. The summed E-state index contributed by atoms with van der Waals surface area (Å²) in [6.45, 7) is 1.68. The molecule has 19 heavy (non-hydrogen) atoms. The van der Waals surface area contributed by atoms with E-state index in [0.29, 0.717) is 11.3 Å². The Kier molecular flexibility index (Phi) is 3.28. The van der Waals surface area contributed by atoms with Gasteiger partial charge in [-0.15, -0.1) is 0 Å². The van der Waals surface area contributed by atoms with Crippen LogP contribution in [0.25, 0.3) is 0 Å². The van der Waals surface area contributed by atoms with Crippen LogP contribution in [0.4, 0.5) is 27.4 Å². The Labute approximate surface area is 108 Å². The molecule has 0 saturated heterocycles. The van der Waals surface area contributed by atoms with Gasteiger partial charge >= 0.3 is 5.69 Å². The predicted molar refractivity (Wildman–Crippen MR) is 69.7 cm³/mol. The number of nitrogens with two attached hydrogens (primary N) is 1. The number of rotatable bonds is 3. The SMILES string of the molecule is Cc1cc(F)ccc1Nc1nc(N)ccc1[N+](=O)[O-]. The number of pyridine rings is 1. The van der Waals surface area contributed by atoms with Crippen molar-refractivity contribution in [2.24, 2.45) is 0 Å². The van der Waals surface area contributed by atoms with E-state index in [1.165, 1.54) is 30.3 Å². The van der Waals surface area contributed by atoms with Crippen LogP contribution < -0.4 is 11.1 Å². The van der Waals surface area contributed by atoms with Crippen molar-refractivity contribution in [3.8, 4) is 0 Å². The number of aryl methyl sites for hydroxylation is 1. The number of nitrogens with one attached hydrogen (secondary N) is 1. The highest BCUT2D eigenvalue weighted by Crippen LogP contribution is 2.28. The Morgan fingerprint density at radius 3 is 2.74 bits per heavy atom. The van der Waals surface area contributed by atoms with E-state index < -0.39 is 4.92 Å². The first-order valence-electron chi connectivity index (χ1n) is 5.41. The van der Waals surface area contributed by atoms with Crippen molar-refractivity contribution in [1.29, 1.82) is 0 Å². The van der Waals surface area contributed by atoms with Crippen molar-refractivity contribution in [2.75, 3.05) is 11.1 Å². The van der Waals surface area contributed by atoms with Crippen molar-refractivity contribution < 1.29 is 9.31 Å². The third-order valence-corrected chi connectivity index (χ3v) is 2.53. The van der Waals surface area contributed by atoms with Crippen molar-refractivity contribution >= 4 is 23.0 Å². The summed E-state index contributed by atoms with van der Waals surface area (Å²) in [6.07, 6.45) is 0. The van der Waals surface area contributed by atoms with Gasteiger partial charge in [0.25, 0.3) is 0 Å². The van der Waals surface area contributed by atoms with Gasteiger partial charge in [-0.05, 0) is 36.8 Å². The van der Waals surface area contributed by atoms with Gasteiger partial charge in [-0.3, -0.25) is 10.1 Å². The lowest BCUT2D eigenvalue weighted by Crippen LogP contribution is -2.03. The zero-order chi connectivity index (χ0) is 14.0. The number of hydrogen-bond acceptors (Lipinski definition) is 5. The van der Waals surface area contributed by atoms with Gasteiger partial charge in [0.15, 0.2) is 0 Å². The summed E-state index contributed by atoms with van der Waals surface area (Å²) in [5.74, 6) is -0.189. The summed E-state index contributed by atoms with van der Waals surface area (Å²) in [6, 6.07) is 6.68. The quantitative estimate of drug-likeness (QED) is 0.655. The number of halogens is 1. The fraction of sp³-hybridized carbons (Fsp3) is 0.0833. The average Bonchev–Trinajstić information content (AvgIpc) is 2.32. The van der Waals surface area contributed by atoms with Gasteiger partial charge in [-0.2, -0.15) is 0 Å². The lowest BCUT2D eigenvalue weighted by molar-refractivity contribution is -0.384. The first-order valence-corrected chi connectivity index (χ1v) is 5.41. The topological polar surface area (TPSA) is 94.1 Å². The van der Waals surface area contributed by atoms with E-state index in [2.05, 4.69) is 10.3 Å². The third-order valence-electron chi connectivity index (χ3n) is 2.53. The maximum atomic E-state index is 13.0. The van der Waals surface area contributed by atoms with E-state index in [-0.39, 0.29) is 23.1 Å². The smallest absolute Gasteiger partial charge is 0.311 e.